The summed E-state index contributed by atoms with van der Waals surface area (Å²) in [5.41, 5.74) is 3.15. The van der Waals surface area contributed by atoms with Gasteiger partial charge < -0.3 is 20.1 Å². The summed E-state index contributed by atoms with van der Waals surface area (Å²) in [6.07, 6.45) is 10.8. The van der Waals surface area contributed by atoms with Crippen LogP contribution in [0.3, 0.4) is 0 Å². The number of nitrogens with zero attached hydrogens (tertiary/aromatic N) is 2. The molecule has 1 atom stereocenters. The molecule has 2 N–H and O–H groups in total. The maximum atomic E-state index is 14.6. The number of halogens is 2. The van der Waals surface area contributed by atoms with Crippen LogP contribution in [0.2, 0.25) is 5.02 Å². The standard InChI is InChI=1S/C28H40ClFN4O2/c1-19(17-35-3)34-22-6-4-20(5-7-22)12-23-14-24(25(29)16-31-23)21-13-26(27(30)32-15-21)33-18-28(2)8-10-36-11-9-28/h13-16,19-20,22,33-34H,4-12,17-18H2,1-3H3/t19-,20?,22?/m1/s1. The minimum absolute atomic E-state index is 0.0819. The molecule has 1 saturated heterocycles. The van der Waals surface area contributed by atoms with Gasteiger partial charge in [-0.1, -0.05) is 18.5 Å². The quantitative estimate of drug-likeness (QED) is 0.382. The first-order chi connectivity index (χ1) is 17.3. The van der Waals surface area contributed by atoms with Crippen LogP contribution >= 0.6 is 11.6 Å². The van der Waals surface area contributed by atoms with E-state index in [0.717, 1.165) is 55.9 Å². The van der Waals surface area contributed by atoms with Crippen molar-refractivity contribution in [3.8, 4) is 11.1 Å². The molecule has 3 heterocycles. The van der Waals surface area contributed by atoms with Crippen molar-refractivity contribution in [3.63, 3.8) is 0 Å². The Hall–Kier alpha value is -1.80. The third-order valence-corrected chi connectivity index (χ3v) is 8.05. The molecule has 2 aliphatic rings. The predicted octanol–water partition coefficient (Wildman–Crippen LogP) is 5.89. The van der Waals surface area contributed by atoms with Gasteiger partial charge in [-0.05, 0) is 75.3 Å². The van der Waals surface area contributed by atoms with Crippen LogP contribution in [-0.4, -0.2) is 55.5 Å². The van der Waals surface area contributed by atoms with E-state index in [2.05, 4.69) is 34.4 Å². The van der Waals surface area contributed by atoms with Gasteiger partial charge in [0.25, 0.3) is 0 Å². The molecule has 8 heteroatoms. The first-order valence-corrected chi connectivity index (χ1v) is 13.6. The van der Waals surface area contributed by atoms with Gasteiger partial charge in [0, 0.05) is 68.2 Å². The fourth-order valence-electron chi connectivity index (χ4n) is 5.41. The van der Waals surface area contributed by atoms with E-state index >= 15 is 0 Å². The van der Waals surface area contributed by atoms with Gasteiger partial charge in [0.05, 0.1) is 17.3 Å². The minimum Gasteiger partial charge on any atom is -0.383 e. The van der Waals surface area contributed by atoms with Crippen molar-refractivity contribution in [1.29, 1.82) is 0 Å². The molecule has 6 nitrogen and oxygen atoms in total. The van der Waals surface area contributed by atoms with Gasteiger partial charge in [0.15, 0.2) is 0 Å². The van der Waals surface area contributed by atoms with E-state index in [1.807, 2.05) is 12.1 Å². The Morgan fingerprint density at radius 1 is 1.17 bits per heavy atom. The van der Waals surface area contributed by atoms with Crippen LogP contribution in [0.4, 0.5) is 10.1 Å². The summed E-state index contributed by atoms with van der Waals surface area (Å²) in [5, 5.41) is 7.52. The molecule has 36 heavy (non-hydrogen) atoms. The molecule has 0 bridgehead atoms. The minimum atomic E-state index is -0.495. The fourth-order valence-corrected chi connectivity index (χ4v) is 5.63. The highest BCUT2D eigenvalue weighted by Crippen LogP contribution is 2.34. The Kier molecular flexibility index (Phi) is 9.56. The summed E-state index contributed by atoms with van der Waals surface area (Å²) in [5.74, 6) is 0.107. The SMILES string of the molecule is COC[C@@H](C)NC1CCC(Cc2cc(-c3cnc(F)c(NCC4(C)CCOCC4)c3)c(Cl)cn2)CC1. The zero-order chi connectivity index (χ0) is 25.5. The average Bonchev–Trinajstić information content (AvgIpc) is 2.87. The second-order valence-electron chi connectivity index (χ2n) is 10.9. The fraction of sp³-hybridized carbons (Fsp3) is 0.643. The zero-order valence-corrected chi connectivity index (χ0v) is 22.5. The number of hydrogen-bond acceptors (Lipinski definition) is 6. The van der Waals surface area contributed by atoms with E-state index in [1.54, 1.807) is 19.5 Å². The van der Waals surface area contributed by atoms with Crippen molar-refractivity contribution in [2.24, 2.45) is 11.3 Å². The summed E-state index contributed by atoms with van der Waals surface area (Å²) in [4.78, 5) is 8.64. The van der Waals surface area contributed by atoms with Gasteiger partial charge in [0.1, 0.15) is 0 Å². The third kappa shape index (κ3) is 7.37. The maximum absolute atomic E-state index is 14.6. The van der Waals surface area contributed by atoms with Crippen LogP contribution in [0.1, 0.15) is 58.1 Å². The van der Waals surface area contributed by atoms with Crippen molar-refractivity contribution in [2.75, 3.05) is 38.8 Å². The van der Waals surface area contributed by atoms with E-state index in [0.29, 0.717) is 35.3 Å². The van der Waals surface area contributed by atoms with E-state index in [9.17, 15) is 4.39 Å². The van der Waals surface area contributed by atoms with Gasteiger partial charge in [-0.25, -0.2) is 4.98 Å². The smallest absolute Gasteiger partial charge is 0.236 e. The van der Waals surface area contributed by atoms with Crippen LogP contribution < -0.4 is 10.6 Å². The van der Waals surface area contributed by atoms with Crippen LogP contribution in [0.25, 0.3) is 11.1 Å². The summed E-state index contributed by atoms with van der Waals surface area (Å²) >= 11 is 6.54. The molecule has 1 aliphatic heterocycles. The van der Waals surface area contributed by atoms with Crippen molar-refractivity contribution in [1.82, 2.24) is 15.3 Å². The molecule has 0 aromatic carbocycles. The second kappa shape index (κ2) is 12.6. The first kappa shape index (κ1) is 27.2. The molecule has 0 spiro atoms. The van der Waals surface area contributed by atoms with Gasteiger partial charge in [-0.2, -0.15) is 4.39 Å². The Morgan fingerprint density at radius 2 is 1.92 bits per heavy atom. The molecule has 0 unspecified atom stereocenters. The van der Waals surface area contributed by atoms with E-state index in [-0.39, 0.29) is 5.41 Å². The lowest BCUT2D eigenvalue weighted by atomic mass is 9.82. The number of rotatable bonds is 10. The molecular formula is C28H40ClFN4O2. The molecule has 198 valence electrons. The van der Waals surface area contributed by atoms with Crippen LogP contribution in [-0.2, 0) is 15.9 Å². The number of anilines is 1. The lowest BCUT2D eigenvalue weighted by Crippen LogP contribution is -2.41. The Bertz CT molecular complexity index is 994. The largest absolute Gasteiger partial charge is 0.383 e. The van der Waals surface area contributed by atoms with Crippen molar-refractivity contribution in [2.45, 2.75) is 70.9 Å². The van der Waals surface area contributed by atoms with Gasteiger partial charge in [-0.3, -0.25) is 4.98 Å². The number of nitrogens with one attached hydrogen (secondary N) is 2. The van der Waals surface area contributed by atoms with Crippen molar-refractivity contribution >= 4 is 17.3 Å². The summed E-state index contributed by atoms with van der Waals surface area (Å²) in [6.45, 7) is 7.30. The molecule has 0 amide bonds. The van der Waals surface area contributed by atoms with Gasteiger partial charge in [0.2, 0.25) is 5.95 Å². The molecule has 1 aliphatic carbocycles. The third-order valence-electron chi connectivity index (χ3n) is 7.75. The van der Waals surface area contributed by atoms with Gasteiger partial charge in [-0.15, -0.1) is 0 Å². The number of hydrogen-bond donors (Lipinski definition) is 2. The first-order valence-electron chi connectivity index (χ1n) is 13.2. The number of ether oxygens (including phenoxy) is 2. The molecule has 2 fully saturated rings. The van der Waals surface area contributed by atoms with Gasteiger partial charge >= 0.3 is 0 Å². The van der Waals surface area contributed by atoms with Crippen molar-refractivity contribution < 1.29 is 13.9 Å². The molecule has 2 aromatic rings. The topological polar surface area (TPSA) is 68.3 Å². The molecule has 4 rings (SSSR count). The van der Waals surface area contributed by atoms with Crippen LogP contribution in [0.15, 0.2) is 24.5 Å². The molecule has 0 radical (unpaired) electrons. The van der Waals surface area contributed by atoms with Crippen LogP contribution in [0.5, 0.6) is 0 Å². The van der Waals surface area contributed by atoms with E-state index in [1.165, 1.54) is 25.7 Å². The number of aromatic nitrogens is 2. The summed E-state index contributed by atoms with van der Waals surface area (Å²) in [7, 11) is 1.75. The Morgan fingerprint density at radius 3 is 2.64 bits per heavy atom. The van der Waals surface area contributed by atoms with Crippen molar-refractivity contribution in [3.05, 3.63) is 41.2 Å². The maximum Gasteiger partial charge on any atom is 0.236 e. The highest BCUT2D eigenvalue weighted by Gasteiger charge is 2.28. The average molecular weight is 519 g/mol. The Balaban J connectivity index is 1.39. The number of pyridine rings is 2. The lowest BCUT2D eigenvalue weighted by Gasteiger charge is -2.33. The molecule has 2 aromatic heterocycles. The molecular weight excluding hydrogens is 479 g/mol. The lowest BCUT2D eigenvalue weighted by molar-refractivity contribution is 0.0300. The summed E-state index contributed by atoms with van der Waals surface area (Å²) in [6, 6.07) is 4.79. The number of methoxy groups -OCH3 is 1. The van der Waals surface area contributed by atoms with Crippen LogP contribution in [0, 0.1) is 17.3 Å². The zero-order valence-electron chi connectivity index (χ0n) is 21.8. The normalized spacial score (nSPS) is 22.8. The Labute approximate surface area is 219 Å². The highest BCUT2D eigenvalue weighted by molar-refractivity contribution is 6.33. The summed E-state index contributed by atoms with van der Waals surface area (Å²) < 4.78 is 25.3. The van der Waals surface area contributed by atoms with E-state index < -0.39 is 5.95 Å². The predicted molar refractivity (Wildman–Crippen MR) is 143 cm³/mol. The highest BCUT2D eigenvalue weighted by atomic mass is 35.5. The second-order valence-corrected chi connectivity index (χ2v) is 11.3. The van der Waals surface area contributed by atoms with E-state index in [4.69, 9.17) is 21.1 Å². The molecule has 1 saturated carbocycles. The monoisotopic (exact) mass is 518 g/mol.